The molecule has 0 fully saturated rings. The molecule has 0 aliphatic carbocycles. The van der Waals surface area contributed by atoms with E-state index in [1.165, 1.54) is 6.20 Å². The highest BCUT2D eigenvalue weighted by atomic mass is 79.9. The Morgan fingerprint density at radius 1 is 1.28 bits per heavy atom. The fourth-order valence-corrected chi connectivity index (χ4v) is 2.17. The molecule has 0 aliphatic heterocycles. The summed E-state index contributed by atoms with van der Waals surface area (Å²) in [6.07, 6.45) is 3.01. The van der Waals surface area contributed by atoms with Gasteiger partial charge in [0.05, 0.1) is 16.4 Å². The summed E-state index contributed by atoms with van der Waals surface area (Å²) in [4.78, 5) is 20.0. The van der Waals surface area contributed by atoms with Crippen LogP contribution >= 0.6 is 31.9 Å². The number of carbonyl (C=O) groups is 1. The van der Waals surface area contributed by atoms with Crippen LogP contribution < -0.4 is 11.1 Å². The topological polar surface area (TPSA) is 80.9 Å². The van der Waals surface area contributed by atoms with Gasteiger partial charge in [0.25, 0.3) is 5.91 Å². The number of nitrogens with one attached hydrogen (secondary N) is 1. The van der Waals surface area contributed by atoms with E-state index in [1.807, 2.05) is 0 Å². The number of halogens is 2. The van der Waals surface area contributed by atoms with Crippen molar-refractivity contribution in [1.29, 1.82) is 0 Å². The van der Waals surface area contributed by atoms with Crippen molar-refractivity contribution in [3.8, 4) is 0 Å². The molecule has 0 bridgehead atoms. The van der Waals surface area contributed by atoms with Crippen LogP contribution in [0.1, 0.15) is 10.5 Å². The van der Waals surface area contributed by atoms with E-state index in [4.69, 9.17) is 5.73 Å². The number of nitrogen functional groups attached to an aromatic ring is 1. The van der Waals surface area contributed by atoms with E-state index in [2.05, 4.69) is 47.1 Å². The zero-order chi connectivity index (χ0) is 13.1. The second-order valence-electron chi connectivity index (χ2n) is 3.39. The highest BCUT2D eigenvalue weighted by molar-refractivity contribution is 9.11. The molecule has 0 aromatic carbocycles. The lowest BCUT2D eigenvalue weighted by molar-refractivity contribution is 0.102. The summed E-state index contributed by atoms with van der Waals surface area (Å²) in [5.41, 5.74) is 6.38. The third-order valence-electron chi connectivity index (χ3n) is 2.07. The van der Waals surface area contributed by atoms with Crippen LogP contribution in [0, 0.1) is 0 Å². The van der Waals surface area contributed by atoms with Crippen LogP contribution in [0.4, 0.5) is 11.5 Å². The molecular weight excluding hydrogens is 364 g/mol. The quantitative estimate of drug-likeness (QED) is 0.850. The number of pyridine rings is 2. The standard InChI is InChI=1S/C11H8Br2N4O/c12-7-2-1-3-15-9(7)11(18)17-10-8(13)4-6(14)5-16-10/h1-5H,14H2,(H,16,17,18). The fraction of sp³-hybridized carbons (Fsp3) is 0. The molecular formula is C11H8Br2N4O. The zero-order valence-electron chi connectivity index (χ0n) is 9.02. The number of hydrogen-bond donors (Lipinski definition) is 2. The Balaban J connectivity index is 2.24. The maximum absolute atomic E-state index is 12.0. The number of rotatable bonds is 2. The fourth-order valence-electron chi connectivity index (χ4n) is 1.26. The average Bonchev–Trinajstić information content (AvgIpc) is 2.33. The number of hydrogen-bond acceptors (Lipinski definition) is 4. The Morgan fingerprint density at radius 2 is 2.06 bits per heavy atom. The lowest BCUT2D eigenvalue weighted by Gasteiger charge is -2.07. The number of aromatic nitrogens is 2. The summed E-state index contributed by atoms with van der Waals surface area (Å²) in [5, 5.41) is 2.65. The Labute approximate surface area is 120 Å². The molecule has 0 radical (unpaired) electrons. The molecule has 2 aromatic heterocycles. The second kappa shape index (κ2) is 5.45. The first-order valence-electron chi connectivity index (χ1n) is 4.91. The van der Waals surface area contributed by atoms with Crippen molar-refractivity contribution in [3.05, 3.63) is 45.2 Å². The summed E-state index contributed by atoms with van der Waals surface area (Å²) in [7, 11) is 0. The molecule has 0 atom stereocenters. The number of nitrogens with two attached hydrogens (primary N) is 1. The van der Waals surface area contributed by atoms with E-state index in [-0.39, 0.29) is 5.91 Å². The van der Waals surface area contributed by atoms with Crippen molar-refractivity contribution < 1.29 is 4.79 Å². The zero-order valence-corrected chi connectivity index (χ0v) is 12.2. The Hall–Kier alpha value is -1.47. The number of nitrogens with zero attached hydrogens (tertiary/aromatic N) is 2. The second-order valence-corrected chi connectivity index (χ2v) is 5.10. The summed E-state index contributed by atoms with van der Waals surface area (Å²) in [6.45, 7) is 0. The predicted octanol–water partition coefficient (Wildman–Crippen LogP) is 2.84. The van der Waals surface area contributed by atoms with Gasteiger partial charge in [-0.15, -0.1) is 0 Å². The first kappa shape index (κ1) is 13.0. The normalized spacial score (nSPS) is 10.1. The van der Waals surface area contributed by atoms with Crippen LogP contribution in [-0.2, 0) is 0 Å². The van der Waals surface area contributed by atoms with Crippen molar-refractivity contribution in [2.45, 2.75) is 0 Å². The van der Waals surface area contributed by atoms with Gasteiger partial charge in [0.15, 0.2) is 0 Å². The first-order chi connectivity index (χ1) is 8.58. The van der Waals surface area contributed by atoms with Crippen LogP contribution in [0.3, 0.4) is 0 Å². The first-order valence-corrected chi connectivity index (χ1v) is 6.49. The lowest BCUT2D eigenvalue weighted by atomic mass is 10.3. The summed E-state index contributed by atoms with van der Waals surface area (Å²) < 4.78 is 1.23. The molecule has 1 amide bonds. The molecule has 2 aromatic rings. The van der Waals surface area contributed by atoms with Crippen molar-refractivity contribution in [1.82, 2.24) is 9.97 Å². The molecule has 0 unspecified atom stereocenters. The third kappa shape index (κ3) is 2.85. The predicted molar refractivity (Wildman–Crippen MR) is 76.2 cm³/mol. The minimum atomic E-state index is -0.347. The van der Waals surface area contributed by atoms with Gasteiger partial charge in [0.1, 0.15) is 11.5 Å². The lowest BCUT2D eigenvalue weighted by Crippen LogP contribution is -2.15. The van der Waals surface area contributed by atoms with E-state index in [0.717, 1.165) is 0 Å². The van der Waals surface area contributed by atoms with Crippen molar-refractivity contribution >= 4 is 49.3 Å². The number of anilines is 2. The van der Waals surface area contributed by atoms with E-state index in [1.54, 1.807) is 24.4 Å². The molecule has 0 saturated carbocycles. The van der Waals surface area contributed by atoms with Gasteiger partial charge in [0, 0.05) is 10.7 Å². The SMILES string of the molecule is Nc1cnc(NC(=O)c2ncccc2Br)c(Br)c1. The smallest absolute Gasteiger partial charge is 0.276 e. The van der Waals surface area contributed by atoms with Gasteiger partial charge in [-0.2, -0.15) is 0 Å². The highest BCUT2D eigenvalue weighted by Gasteiger charge is 2.13. The van der Waals surface area contributed by atoms with Crippen molar-refractivity contribution in [2.24, 2.45) is 0 Å². The molecule has 3 N–H and O–H groups in total. The van der Waals surface area contributed by atoms with Gasteiger partial charge >= 0.3 is 0 Å². The van der Waals surface area contributed by atoms with E-state index < -0.39 is 0 Å². The molecule has 5 nitrogen and oxygen atoms in total. The van der Waals surface area contributed by atoms with Gasteiger partial charge in [-0.05, 0) is 50.1 Å². The van der Waals surface area contributed by atoms with Crippen LogP contribution in [0.2, 0.25) is 0 Å². The molecule has 7 heteroatoms. The van der Waals surface area contributed by atoms with Crippen LogP contribution in [-0.4, -0.2) is 15.9 Å². The van der Waals surface area contributed by atoms with Crippen LogP contribution in [0.15, 0.2) is 39.5 Å². The van der Waals surface area contributed by atoms with Crippen molar-refractivity contribution in [2.75, 3.05) is 11.1 Å². The maximum Gasteiger partial charge on any atom is 0.276 e. The Kier molecular flexibility index (Phi) is 3.93. The molecule has 2 rings (SSSR count). The minimum Gasteiger partial charge on any atom is -0.397 e. The maximum atomic E-state index is 12.0. The van der Waals surface area contributed by atoms with Gasteiger partial charge in [-0.3, -0.25) is 4.79 Å². The summed E-state index contributed by atoms with van der Waals surface area (Å²) in [5.74, 6) is 0.0483. The van der Waals surface area contributed by atoms with Gasteiger partial charge < -0.3 is 11.1 Å². The van der Waals surface area contributed by atoms with Crippen molar-refractivity contribution in [3.63, 3.8) is 0 Å². The molecule has 0 saturated heterocycles. The summed E-state index contributed by atoms with van der Waals surface area (Å²) in [6, 6.07) is 5.14. The third-order valence-corrected chi connectivity index (χ3v) is 3.31. The van der Waals surface area contributed by atoms with E-state index >= 15 is 0 Å². The molecule has 0 spiro atoms. The number of carbonyl (C=O) groups excluding carboxylic acids is 1. The summed E-state index contributed by atoms with van der Waals surface area (Å²) >= 11 is 6.54. The highest BCUT2D eigenvalue weighted by Crippen LogP contribution is 2.23. The monoisotopic (exact) mass is 370 g/mol. The van der Waals surface area contributed by atoms with Gasteiger partial charge in [0.2, 0.25) is 0 Å². The molecule has 18 heavy (non-hydrogen) atoms. The van der Waals surface area contributed by atoms with Crippen LogP contribution in [0.5, 0.6) is 0 Å². The molecule has 2 heterocycles. The van der Waals surface area contributed by atoms with E-state index in [9.17, 15) is 4.79 Å². The Bertz CT molecular complexity index is 603. The van der Waals surface area contributed by atoms with E-state index in [0.29, 0.717) is 26.1 Å². The average molecular weight is 372 g/mol. The largest absolute Gasteiger partial charge is 0.397 e. The Morgan fingerprint density at radius 3 is 2.72 bits per heavy atom. The molecule has 92 valence electrons. The van der Waals surface area contributed by atoms with Gasteiger partial charge in [-0.25, -0.2) is 9.97 Å². The van der Waals surface area contributed by atoms with Gasteiger partial charge in [-0.1, -0.05) is 0 Å². The van der Waals surface area contributed by atoms with Crippen LogP contribution in [0.25, 0.3) is 0 Å². The molecule has 0 aliphatic rings. The minimum absolute atomic E-state index is 0.294. The number of amides is 1.